The predicted molar refractivity (Wildman–Crippen MR) is 184 cm³/mol. The van der Waals surface area contributed by atoms with Crippen molar-refractivity contribution in [1.82, 2.24) is 19.9 Å². The lowest BCUT2D eigenvalue weighted by atomic mass is 10.0. The van der Waals surface area contributed by atoms with Crippen molar-refractivity contribution in [3.8, 4) is 22.3 Å². The Kier molecular flexibility index (Phi) is 7.96. The predicted octanol–water partition coefficient (Wildman–Crippen LogP) is 10.4. The fourth-order valence-corrected chi connectivity index (χ4v) is 6.28. The van der Waals surface area contributed by atoms with E-state index in [4.69, 9.17) is 4.74 Å². The maximum Gasteiger partial charge on any atom is 0.420 e. The molecule has 2 aliphatic heterocycles. The van der Waals surface area contributed by atoms with Gasteiger partial charge in [0.1, 0.15) is 11.1 Å². The van der Waals surface area contributed by atoms with Gasteiger partial charge in [-0.1, -0.05) is 24.3 Å². The summed E-state index contributed by atoms with van der Waals surface area (Å²) in [6.45, 7) is 0. The van der Waals surface area contributed by atoms with E-state index < -0.39 is 35.1 Å². The first-order valence-electron chi connectivity index (χ1n) is 14.6. The maximum atomic E-state index is 14.8. The van der Waals surface area contributed by atoms with Gasteiger partial charge < -0.3 is 14.7 Å². The molecular formula is C36H21F6IN4O2. The van der Waals surface area contributed by atoms with Crippen LogP contribution in [-0.2, 0) is 17.1 Å². The van der Waals surface area contributed by atoms with E-state index in [2.05, 4.69) is 42.5 Å². The van der Waals surface area contributed by atoms with Gasteiger partial charge in [-0.2, -0.15) is 26.3 Å². The Hall–Kier alpha value is -5.18. The molecule has 2 N–H and O–H groups in total. The number of carbonyl (C=O) groups excluding carboxylic acids is 1. The minimum absolute atomic E-state index is 0.0586. The molecule has 0 saturated carbocycles. The number of nitrogens with zero attached hydrogens (tertiary/aromatic N) is 2. The summed E-state index contributed by atoms with van der Waals surface area (Å²) >= 11 is 2.10. The van der Waals surface area contributed by atoms with Gasteiger partial charge in [0.25, 0.3) is 0 Å². The van der Waals surface area contributed by atoms with Crippen LogP contribution in [0.5, 0.6) is 0 Å². The lowest BCUT2D eigenvalue weighted by Gasteiger charge is -2.09. The van der Waals surface area contributed by atoms with Gasteiger partial charge in [-0.25, -0.2) is 14.8 Å². The molecule has 0 radical (unpaired) electrons. The van der Waals surface area contributed by atoms with Crippen molar-refractivity contribution >= 4 is 74.9 Å². The number of hydrogen-bond donors (Lipinski definition) is 2. The first kappa shape index (κ1) is 32.4. The Labute approximate surface area is 287 Å². The lowest BCUT2D eigenvalue weighted by Crippen LogP contribution is -2.08. The number of fused-ring (bicyclic) bond motifs is 8. The topological polar surface area (TPSA) is 83.7 Å². The van der Waals surface area contributed by atoms with Crippen molar-refractivity contribution < 1.29 is 35.9 Å². The molecule has 0 amide bonds. The monoisotopic (exact) mass is 782 g/mol. The summed E-state index contributed by atoms with van der Waals surface area (Å²) in [4.78, 5) is 26.5. The molecule has 6 nitrogen and oxygen atoms in total. The van der Waals surface area contributed by atoms with Gasteiger partial charge in [0.15, 0.2) is 0 Å². The number of H-pyrrole nitrogens is 2. The fourth-order valence-electron chi connectivity index (χ4n) is 5.92. The summed E-state index contributed by atoms with van der Waals surface area (Å²) in [5, 5.41) is 0. The molecule has 8 bridgehead atoms. The van der Waals surface area contributed by atoms with E-state index in [1.807, 2.05) is 0 Å². The van der Waals surface area contributed by atoms with Crippen molar-refractivity contribution in [2.45, 2.75) is 12.4 Å². The molecule has 5 heterocycles. The van der Waals surface area contributed by atoms with Crippen LogP contribution in [0.25, 0.3) is 68.6 Å². The number of benzene rings is 2. The second-order valence-corrected chi connectivity index (χ2v) is 12.3. The summed E-state index contributed by atoms with van der Waals surface area (Å²) in [5.41, 5.74) is -1.24. The Balaban J connectivity index is 1.66. The Morgan fingerprint density at radius 1 is 0.592 bits per heavy atom. The Bertz CT molecular complexity index is 2360. The van der Waals surface area contributed by atoms with Crippen LogP contribution in [0.4, 0.5) is 26.3 Å². The van der Waals surface area contributed by atoms with Crippen LogP contribution in [0.2, 0.25) is 0 Å². The first-order chi connectivity index (χ1) is 23.3. The van der Waals surface area contributed by atoms with Gasteiger partial charge in [0, 0.05) is 25.7 Å². The number of aromatic amines is 2. The Morgan fingerprint density at radius 3 is 1.39 bits per heavy atom. The van der Waals surface area contributed by atoms with E-state index in [0.717, 1.165) is 3.57 Å². The number of rotatable bonds is 3. The molecule has 0 spiro atoms. The maximum absolute atomic E-state index is 14.8. The minimum Gasteiger partial charge on any atom is -0.465 e. The van der Waals surface area contributed by atoms with Crippen molar-refractivity contribution in [1.29, 1.82) is 0 Å². The number of methoxy groups -OCH3 is 1. The van der Waals surface area contributed by atoms with Crippen molar-refractivity contribution in [2.75, 3.05) is 7.11 Å². The number of esters is 1. The van der Waals surface area contributed by atoms with Crippen LogP contribution in [0, 0.1) is 3.57 Å². The summed E-state index contributed by atoms with van der Waals surface area (Å²) in [6, 6.07) is 18.3. The number of carbonyl (C=O) groups is 1. The highest BCUT2D eigenvalue weighted by molar-refractivity contribution is 14.1. The quantitative estimate of drug-likeness (QED) is 0.106. The number of nitrogens with one attached hydrogen (secondary N) is 2. The summed E-state index contributed by atoms with van der Waals surface area (Å²) in [7, 11) is 1.21. The van der Waals surface area contributed by atoms with Gasteiger partial charge in [-0.3, -0.25) is 0 Å². The second-order valence-electron chi connectivity index (χ2n) is 11.1. The van der Waals surface area contributed by atoms with Crippen LogP contribution in [-0.4, -0.2) is 33.0 Å². The van der Waals surface area contributed by atoms with Gasteiger partial charge in [0.05, 0.1) is 46.5 Å². The van der Waals surface area contributed by atoms with E-state index in [0.29, 0.717) is 16.7 Å². The summed E-state index contributed by atoms with van der Waals surface area (Å²) in [6.07, 6.45) is -4.46. The third kappa shape index (κ3) is 6.03. The highest BCUT2D eigenvalue weighted by Crippen LogP contribution is 2.41. The molecule has 5 aromatic rings. The number of alkyl halides is 6. The number of halogens is 7. The largest absolute Gasteiger partial charge is 0.465 e. The van der Waals surface area contributed by atoms with Gasteiger partial charge >= 0.3 is 18.3 Å². The average Bonchev–Trinajstić information content (AvgIpc) is 3.88. The van der Waals surface area contributed by atoms with Crippen LogP contribution in [0.15, 0.2) is 72.8 Å². The van der Waals surface area contributed by atoms with Crippen LogP contribution in [0.3, 0.4) is 0 Å². The van der Waals surface area contributed by atoms with Crippen molar-refractivity contribution in [3.05, 3.63) is 116 Å². The molecule has 0 fully saturated rings. The highest BCUT2D eigenvalue weighted by Gasteiger charge is 2.37. The second kappa shape index (κ2) is 12.1. The average molecular weight is 782 g/mol. The third-order valence-corrected chi connectivity index (χ3v) is 8.77. The van der Waals surface area contributed by atoms with Crippen LogP contribution >= 0.6 is 22.6 Å². The fraction of sp³-hybridized carbons (Fsp3) is 0.0833. The number of aromatic nitrogens is 4. The van der Waals surface area contributed by atoms with E-state index in [1.54, 1.807) is 24.3 Å². The molecule has 0 atom stereocenters. The molecule has 246 valence electrons. The standard InChI is InChI=1S/C36H21F6IN4O2/c1-49-34(48)20-4-2-18(3-5-20)30-22-10-14-26(44-22)32(35(37,38)39)28-16-12-24(46-28)31(19-6-8-21(43)9-7-19)25-13-17-29(47-25)33(36(40,41)42)27-15-11-23(30)45-27/h2-17,44,47H,1H3. The first-order valence-corrected chi connectivity index (χ1v) is 15.6. The molecule has 0 aliphatic carbocycles. The molecule has 49 heavy (non-hydrogen) atoms. The molecule has 2 aliphatic rings. The van der Waals surface area contributed by atoms with Gasteiger partial charge in [-0.05, 0) is 107 Å². The normalized spacial score (nSPS) is 12.8. The third-order valence-electron chi connectivity index (χ3n) is 8.05. The molecule has 13 heteroatoms. The zero-order chi connectivity index (χ0) is 34.7. The van der Waals surface area contributed by atoms with Crippen LogP contribution in [0.1, 0.15) is 44.3 Å². The zero-order valence-electron chi connectivity index (χ0n) is 25.1. The van der Waals surface area contributed by atoms with Gasteiger partial charge in [-0.15, -0.1) is 0 Å². The molecule has 3 aromatic heterocycles. The van der Waals surface area contributed by atoms with Gasteiger partial charge in [0.2, 0.25) is 0 Å². The molecule has 0 unspecified atom stereocenters. The molecule has 2 aromatic carbocycles. The smallest absolute Gasteiger partial charge is 0.420 e. The van der Waals surface area contributed by atoms with Crippen molar-refractivity contribution in [3.63, 3.8) is 0 Å². The SMILES string of the molecule is COC(=O)c1ccc(-c2c3nc(c(C(F)(F)F)c4ccc([nH]4)c(-c4ccc(I)cc4)c4nc(c(C(F)(F)F)c5ccc2[nH]5)C=C4)C=C3)cc1. The molecule has 0 saturated heterocycles. The van der Waals surface area contributed by atoms with E-state index >= 15 is 0 Å². The number of hydrogen-bond acceptors (Lipinski definition) is 4. The van der Waals surface area contributed by atoms with E-state index in [9.17, 15) is 31.1 Å². The highest BCUT2D eigenvalue weighted by atomic mass is 127. The lowest BCUT2D eigenvalue weighted by molar-refractivity contribution is -0.137. The Morgan fingerprint density at radius 2 is 0.980 bits per heavy atom. The van der Waals surface area contributed by atoms with Crippen molar-refractivity contribution in [2.24, 2.45) is 0 Å². The minimum atomic E-state index is -4.85. The zero-order valence-corrected chi connectivity index (χ0v) is 27.3. The number of ether oxygens (including phenoxy) is 1. The van der Waals surface area contributed by atoms with E-state index in [1.165, 1.54) is 79.9 Å². The summed E-state index contributed by atoms with van der Waals surface area (Å²) < 4.78 is 94.6. The van der Waals surface area contributed by atoms with E-state index in [-0.39, 0.29) is 50.3 Å². The molecular weight excluding hydrogens is 761 g/mol. The summed E-state index contributed by atoms with van der Waals surface area (Å²) in [5.74, 6) is -0.617. The molecule has 7 rings (SSSR count). The van der Waals surface area contributed by atoms with Crippen LogP contribution < -0.4 is 0 Å².